The van der Waals surface area contributed by atoms with Gasteiger partial charge in [0.15, 0.2) is 0 Å². The quantitative estimate of drug-likeness (QED) is 0.752. The van der Waals surface area contributed by atoms with Crippen LogP contribution in [0, 0.1) is 5.92 Å². The zero-order valence-electron chi connectivity index (χ0n) is 14.6. The van der Waals surface area contributed by atoms with Crippen LogP contribution < -0.4 is 5.32 Å². The van der Waals surface area contributed by atoms with Crippen LogP contribution in [-0.2, 0) is 22.4 Å². The van der Waals surface area contributed by atoms with Gasteiger partial charge in [0.25, 0.3) is 0 Å². The molecular weight excluding hydrogens is 312 g/mol. The molecule has 0 aliphatic carbocycles. The van der Waals surface area contributed by atoms with Gasteiger partial charge in [-0.2, -0.15) is 0 Å². The van der Waals surface area contributed by atoms with E-state index in [0.717, 1.165) is 25.7 Å². The van der Waals surface area contributed by atoms with Gasteiger partial charge < -0.3 is 10.1 Å². The highest BCUT2D eigenvalue weighted by molar-refractivity contribution is 5.76. The van der Waals surface area contributed by atoms with Gasteiger partial charge >= 0.3 is 0 Å². The summed E-state index contributed by atoms with van der Waals surface area (Å²) in [6.45, 7) is 1.33. The summed E-state index contributed by atoms with van der Waals surface area (Å²) < 4.78 is 5.60. The fourth-order valence-corrected chi connectivity index (χ4v) is 3.32. The average Bonchev–Trinajstić information content (AvgIpc) is 3.07. The van der Waals surface area contributed by atoms with Gasteiger partial charge in [-0.25, -0.2) is 0 Å². The maximum absolute atomic E-state index is 12.2. The van der Waals surface area contributed by atoms with Gasteiger partial charge in [0, 0.05) is 24.7 Å². The first-order chi connectivity index (χ1) is 12.3. The molecule has 2 atom stereocenters. The number of aryl methyl sites for hydroxylation is 1. The van der Waals surface area contributed by atoms with E-state index < -0.39 is 0 Å². The molecule has 1 saturated heterocycles. The van der Waals surface area contributed by atoms with Crippen LogP contribution in [0.3, 0.4) is 0 Å². The van der Waals surface area contributed by atoms with E-state index in [1.54, 1.807) is 0 Å². The Bertz CT molecular complexity index is 645. The number of hydrogen-bond donors (Lipinski definition) is 1. The van der Waals surface area contributed by atoms with E-state index >= 15 is 0 Å². The molecule has 25 heavy (non-hydrogen) atoms. The second-order valence-electron chi connectivity index (χ2n) is 6.72. The third-order valence-electron chi connectivity index (χ3n) is 4.75. The number of pyridine rings is 1. The van der Waals surface area contributed by atoms with Gasteiger partial charge in [-0.3, -0.25) is 9.78 Å². The Morgan fingerprint density at radius 3 is 2.64 bits per heavy atom. The number of carbonyl (C=O) groups is 1. The van der Waals surface area contributed by atoms with Gasteiger partial charge in [-0.15, -0.1) is 0 Å². The first-order valence-corrected chi connectivity index (χ1v) is 9.11. The van der Waals surface area contributed by atoms with Crippen molar-refractivity contribution in [2.75, 3.05) is 13.2 Å². The number of hydrogen-bond acceptors (Lipinski definition) is 3. The van der Waals surface area contributed by atoms with E-state index in [1.807, 2.05) is 30.6 Å². The largest absolute Gasteiger partial charge is 0.379 e. The molecule has 1 aliphatic heterocycles. The fourth-order valence-electron chi connectivity index (χ4n) is 3.32. The van der Waals surface area contributed by atoms with Crippen molar-refractivity contribution in [1.29, 1.82) is 0 Å². The van der Waals surface area contributed by atoms with E-state index in [0.29, 0.717) is 25.6 Å². The van der Waals surface area contributed by atoms with Crippen LogP contribution in [-0.4, -0.2) is 30.1 Å². The number of benzene rings is 1. The number of rotatable bonds is 8. The number of nitrogens with one attached hydrogen (secondary N) is 1. The van der Waals surface area contributed by atoms with Crippen molar-refractivity contribution in [3.05, 3.63) is 66.0 Å². The Hall–Kier alpha value is -2.20. The van der Waals surface area contributed by atoms with E-state index in [9.17, 15) is 4.79 Å². The Balaban J connectivity index is 1.38. The predicted molar refractivity (Wildman–Crippen MR) is 98.2 cm³/mol. The highest BCUT2D eigenvalue weighted by Crippen LogP contribution is 2.19. The number of nitrogens with zero attached hydrogens (tertiary/aromatic N) is 1. The van der Waals surface area contributed by atoms with E-state index in [-0.39, 0.29) is 11.9 Å². The highest BCUT2D eigenvalue weighted by Gasteiger charge is 2.29. The maximum atomic E-state index is 12.2. The monoisotopic (exact) mass is 338 g/mol. The number of carbonyl (C=O) groups excluding carboxylic acids is 1. The molecule has 1 fully saturated rings. The molecule has 3 rings (SSSR count). The van der Waals surface area contributed by atoms with Gasteiger partial charge in [0.2, 0.25) is 5.91 Å². The lowest BCUT2D eigenvalue weighted by Crippen LogP contribution is -2.40. The first-order valence-electron chi connectivity index (χ1n) is 9.11. The Labute approximate surface area is 149 Å². The molecule has 2 aromatic rings. The SMILES string of the molecule is O=C(CCCCc1ccccc1)NC1COCC1Cc1ccncc1. The van der Waals surface area contributed by atoms with Gasteiger partial charge in [0.1, 0.15) is 0 Å². The lowest BCUT2D eigenvalue weighted by atomic mass is 9.95. The summed E-state index contributed by atoms with van der Waals surface area (Å²) in [7, 11) is 0. The van der Waals surface area contributed by atoms with Crippen LogP contribution in [0.5, 0.6) is 0 Å². The molecule has 0 spiro atoms. The zero-order chi connectivity index (χ0) is 17.3. The predicted octanol–water partition coefficient (Wildman–Crippen LogP) is 3.17. The molecule has 4 heteroatoms. The van der Waals surface area contributed by atoms with Gasteiger partial charge in [-0.05, 0) is 48.9 Å². The van der Waals surface area contributed by atoms with Crippen LogP contribution in [0.15, 0.2) is 54.9 Å². The third kappa shape index (κ3) is 5.68. The molecule has 0 radical (unpaired) electrons. The maximum Gasteiger partial charge on any atom is 0.220 e. The Kier molecular flexibility index (Phi) is 6.57. The van der Waals surface area contributed by atoms with Gasteiger partial charge in [0.05, 0.1) is 19.3 Å². The van der Waals surface area contributed by atoms with Crippen molar-refractivity contribution < 1.29 is 9.53 Å². The summed E-state index contributed by atoms with van der Waals surface area (Å²) in [5, 5.41) is 3.17. The molecule has 2 heterocycles. The number of aromatic nitrogens is 1. The molecule has 1 aliphatic rings. The molecule has 1 aromatic heterocycles. The smallest absolute Gasteiger partial charge is 0.220 e. The Morgan fingerprint density at radius 1 is 1.04 bits per heavy atom. The van der Waals surface area contributed by atoms with Crippen LogP contribution >= 0.6 is 0 Å². The van der Waals surface area contributed by atoms with E-state index in [2.05, 4.69) is 34.6 Å². The summed E-state index contributed by atoms with van der Waals surface area (Å²) in [5.41, 5.74) is 2.58. The topological polar surface area (TPSA) is 51.2 Å². The molecule has 1 N–H and O–H groups in total. The molecule has 0 bridgehead atoms. The molecule has 2 unspecified atom stereocenters. The summed E-state index contributed by atoms with van der Waals surface area (Å²) in [6.07, 6.45) is 8.12. The second kappa shape index (κ2) is 9.33. The highest BCUT2D eigenvalue weighted by atomic mass is 16.5. The van der Waals surface area contributed by atoms with Crippen LogP contribution in [0.2, 0.25) is 0 Å². The van der Waals surface area contributed by atoms with Crippen molar-refractivity contribution in [1.82, 2.24) is 10.3 Å². The molecular formula is C21H26N2O2. The van der Waals surface area contributed by atoms with Crippen LogP contribution in [0.4, 0.5) is 0 Å². The molecule has 0 saturated carbocycles. The van der Waals surface area contributed by atoms with Crippen LogP contribution in [0.1, 0.15) is 30.4 Å². The summed E-state index contributed by atoms with van der Waals surface area (Å²) in [4.78, 5) is 16.3. The van der Waals surface area contributed by atoms with Crippen LogP contribution in [0.25, 0.3) is 0 Å². The normalized spacial score (nSPS) is 19.7. The summed E-state index contributed by atoms with van der Waals surface area (Å²) >= 11 is 0. The lowest BCUT2D eigenvalue weighted by molar-refractivity contribution is -0.122. The number of unbranched alkanes of at least 4 members (excludes halogenated alkanes) is 1. The number of ether oxygens (including phenoxy) is 1. The summed E-state index contributed by atoms with van der Waals surface area (Å²) in [6, 6.07) is 14.6. The zero-order valence-corrected chi connectivity index (χ0v) is 14.6. The van der Waals surface area contributed by atoms with Gasteiger partial charge in [-0.1, -0.05) is 30.3 Å². The average molecular weight is 338 g/mol. The molecule has 1 amide bonds. The van der Waals surface area contributed by atoms with Crippen molar-refractivity contribution >= 4 is 5.91 Å². The molecule has 4 nitrogen and oxygen atoms in total. The molecule has 132 valence electrons. The second-order valence-corrected chi connectivity index (χ2v) is 6.72. The summed E-state index contributed by atoms with van der Waals surface area (Å²) in [5.74, 6) is 0.485. The minimum atomic E-state index is 0.120. The first kappa shape index (κ1) is 17.6. The number of amides is 1. The van der Waals surface area contributed by atoms with E-state index in [4.69, 9.17) is 4.74 Å². The van der Waals surface area contributed by atoms with Crippen molar-refractivity contribution in [2.45, 2.75) is 38.1 Å². The van der Waals surface area contributed by atoms with E-state index in [1.165, 1.54) is 11.1 Å². The minimum absolute atomic E-state index is 0.120. The lowest BCUT2D eigenvalue weighted by Gasteiger charge is -2.19. The van der Waals surface area contributed by atoms with Crippen molar-refractivity contribution in [3.63, 3.8) is 0 Å². The Morgan fingerprint density at radius 2 is 1.84 bits per heavy atom. The fraction of sp³-hybridized carbons (Fsp3) is 0.429. The standard InChI is InChI=1S/C21H26N2O2/c24-21(9-5-4-8-17-6-2-1-3-7-17)23-20-16-25-15-19(20)14-18-10-12-22-13-11-18/h1-3,6-7,10-13,19-20H,4-5,8-9,14-16H2,(H,23,24). The van der Waals surface area contributed by atoms with Crippen molar-refractivity contribution in [2.24, 2.45) is 5.92 Å². The minimum Gasteiger partial charge on any atom is -0.379 e. The van der Waals surface area contributed by atoms with Crippen molar-refractivity contribution in [3.8, 4) is 0 Å². The molecule has 1 aromatic carbocycles. The third-order valence-corrected chi connectivity index (χ3v) is 4.75.